The Labute approximate surface area is 92.9 Å². The van der Waals surface area contributed by atoms with Crippen molar-refractivity contribution >= 4 is 16.9 Å². The number of aromatic nitrogens is 2. The minimum atomic E-state index is -0.888. The lowest BCUT2D eigenvalue weighted by molar-refractivity contribution is -0.138. The molecule has 4 nitrogen and oxygen atoms in total. The number of hydrogen-bond donors (Lipinski definition) is 1. The van der Waals surface area contributed by atoms with Crippen LogP contribution in [0.1, 0.15) is 24.1 Å². The van der Waals surface area contributed by atoms with Crippen LogP contribution in [0, 0.1) is 6.92 Å². The second kappa shape index (κ2) is 3.89. The van der Waals surface area contributed by atoms with Gasteiger partial charge in [-0.1, -0.05) is 11.6 Å². The number of benzene rings is 1. The Morgan fingerprint density at radius 2 is 2.06 bits per heavy atom. The van der Waals surface area contributed by atoms with Gasteiger partial charge in [0.15, 0.2) is 0 Å². The molecule has 1 heterocycles. The van der Waals surface area contributed by atoms with E-state index in [1.165, 1.54) is 0 Å². The molecule has 0 amide bonds. The van der Waals surface area contributed by atoms with Gasteiger partial charge in [-0.25, -0.2) is 0 Å². The van der Waals surface area contributed by atoms with Crippen molar-refractivity contribution in [2.24, 2.45) is 0 Å². The molecule has 0 bridgehead atoms. The molecule has 0 saturated heterocycles. The lowest BCUT2D eigenvalue weighted by Gasteiger charge is -2.05. The number of rotatable bonds is 2. The lowest BCUT2D eigenvalue weighted by atomic mass is 10.1. The van der Waals surface area contributed by atoms with Crippen molar-refractivity contribution in [1.82, 2.24) is 10.2 Å². The molecule has 2 rings (SSSR count). The molecule has 0 radical (unpaired) electrons. The van der Waals surface area contributed by atoms with Crippen LogP contribution < -0.4 is 0 Å². The normalized spacial score (nSPS) is 12.6. The van der Waals surface area contributed by atoms with Crippen LogP contribution in [0.3, 0.4) is 0 Å². The number of carboxylic acid groups (broad SMARTS) is 1. The van der Waals surface area contributed by atoms with Crippen molar-refractivity contribution in [3.8, 4) is 0 Å². The van der Waals surface area contributed by atoms with Crippen LogP contribution in [0.15, 0.2) is 24.3 Å². The Kier molecular flexibility index (Phi) is 2.56. The molecular weight excluding hydrogens is 204 g/mol. The van der Waals surface area contributed by atoms with Gasteiger partial charge in [0.05, 0.1) is 17.1 Å². The van der Waals surface area contributed by atoms with Gasteiger partial charge in [0.1, 0.15) is 0 Å². The summed E-state index contributed by atoms with van der Waals surface area (Å²) >= 11 is 0. The molecule has 1 atom stereocenters. The highest BCUT2D eigenvalue weighted by Crippen LogP contribution is 2.18. The molecule has 4 heteroatoms. The largest absolute Gasteiger partial charge is 0.481 e. The van der Waals surface area contributed by atoms with Crippen LogP contribution >= 0.6 is 0 Å². The summed E-state index contributed by atoms with van der Waals surface area (Å²) in [5.74, 6) is -1.52. The quantitative estimate of drug-likeness (QED) is 0.835. The number of carboxylic acids is 1. The van der Waals surface area contributed by atoms with Crippen LogP contribution in [-0.4, -0.2) is 21.3 Å². The summed E-state index contributed by atoms with van der Waals surface area (Å²) in [5, 5.41) is 17.8. The first kappa shape index (κ1) is 10.5. The van der Waals surface area contributed by atoms with E-state index < -0.39 is 11.9 Å². The van der Waals surface area contributed by atoms with Crippen molar-refractivity contribution < 1.29 is 9.90 Å². The molecule has 0 spiro atoms. The van der Waals surface area contributed by atoms with Gasteiger partial charge in [-0.05, 0) is 32.0 Å². The zero-order valence-corrected chi connectivity index (χ0v) is 9.14. The maximum absolute atomic E-state index is 10.8. The molecule has 1 aromatic heterocycles. The summed E-state index contributed by atoms with van der Waals surface area (Å²) in [4.78, 5) is 10.8. The minimum absolute atomic E-state index is 0.491. The van der Waals surface area contributed by atoms with Gasteiger partial charge in [-0.15, -0.1) is 0 Å². The smallest absolute Gasteiger partial charge is 0.312 e. The molecule has 0 aliphatic rings. The lowest BCUT2D eigenvalue weighted by Crippen LogP contribution is -2.09. The highest BCUT2D eigenvalue weighted by atomic mass is 16.4. The molecule has 1 aromatic carbocycles. The molecular formula is C12H12N2O2. The topological polar surface area (TPSA) is 63.1 Å². The van der Waals surface area contributed by atoms with Gasteiger partial charge < -0.3 is 5.11 Å². The minimum Gasteiger partial charge on any atom is -0.481 e. The van der Waals surface area contributed by atoms with Gasteiger partial charge in [0.25, 0.3) is 0 Å². The van der Waals surface area contributed by atoms with Crippen LogP contribution in [0.4, 0.5) is 0 Å². The average molecular weight is 216 g/mol. The first-order valence-electron chi connectivity index (χ1n) is 5.05. The molecule has 16 heavy (non-hydrogen) atoms. The SMILES string of the molecule is Cc1ccc2nnc(C(C)C(=O)O)cc2c1. The zero-order valence-electron chi connectivity index (χ0n) is 9.14. The van der Waals surface area contributed by atoms with Crippen molar-refractivity contribution in [2.75, 3.05) is 0 Å². The van der Waals surface area contributed by atoms with Crippen molar-refractivity contribution in [2.45, 2.75) is 19.8 Å². The van der Waals surface area contributed by atoms with E-state index in [1.807, 2.05) is 25.1 Å². The van der Waals surface area contributed by atoms with Gasteiger partial charge in [-0.2, -0.15) is 10.2 Å². The molecule has 0 aliphatic heterocycles. The number of aryl methyl sites for hydroxylation is 1. The highest BCUT2D eigenvalue weighted by molar-refractivity contribution is 5.81. The Morgan fingerprint density at radius 3 is 2.75 bits per heavy atom. The number of aliphatic carboxylic acids is 1. The monoisotopic (exact) mass is 216 g/mol. The van der Waals surface area contributed by atoms with Crippen LogP contribution in [-0.2, 0) is 4.79 Å². The first-order chi connectivity index (χ1) is 7.58. The fourth-order valence-electron chi connectivity index (χ4n) is 1.52. The molecule has 82 valence electrons. The summed E-state index contributed by atoms with van der Waals surface area (Å²) in [6.45, 7) is 3.59. The second-order valence-electron chi connectivity index (χ2n) is 3.89. The standard InChI is InChI=1S/C12H12N2O2/c1-7-3-4-10-9(5-7)6-11(14-13-10)8(2)12(15)16/h3-6,8H,1-2H3,(H,15,16). The van der Waals surface area contributed by atoms with Gasteiger partial charge in [0.2, 0.25) is 0 Å². The Balaban J connectivity index is 2.54. The van der Waals surface area contributed by atoms with E-state index in [-0.39, 0.29) is 0 Å². The third kappa shape index (κ3) is 1.86. The fraction of sp³-hybridized carbons (Fsp3) is 0.250. The van der Waals surface area contributed by atoms with E-state index in [2.05, 4.69) is 10.2 Å². The van der Waals surface area contributed by atoms with E-state index in [0.29, 0.717) is 5.69 Å². The predicted octanol–water partition coefficient (Wildman–Crippen LogP) is 2.13. The first-order valence-corrected chi connectivity index (χ1v) is 5.05. The van der Waals surface area contributed by atoms with E-state index in [0.717, 1.165) is 16.5 Å². The molecule has 2 aromatic rings. The fourth-order valence-corrected chi connectivity index (χ4v) is 1.52. The predicted molar refractivity (Wildman–Crippen MR) is 60.3 cm³/mol. The number of fused-ring (bicyclic) bond motifs is 1. The van der Waals surface area contributed by atoms with Gasteiger partial charge in [0, 0.05) is 5.39 Å². The van der Waals surface area contributed by atoms with Crippen LogP contribution in [0.25, 0.3) is 10.9 Å². The maximum Gasteiger partial charge on any atom is 0.312 e. The van der Waals surface area contributed by atoms with Crippen molar-refractivity contribution in [3.05, 3.63) is 35.5 Å². The van der Waals surface area contributed by atoms with E-state index in [1.54, 1.807) is 13.0 Å². The third-order valence-electron chi connectivity index (χ3n) is 2.57. The van der Waals surface area contributed by atoms with Gasteiger partial charge >= 0.3 is 5.97 Å². The summed E-state index contributed by atoms with van der Waals surface area (Å²) in [5.41, 5.74) is 2.40. The molecule has 1 unspecified atom stereocenters. The van der Waals surface area contributed by atoms with Crippen LogP contribution in [0.5, 0.6) is 0 Å². The maximum atomic E-state index is 10.8. The van der Waals surface area contributed by atoms with Gasteiger partial charge in [-0.3, -0.25) is 4.79 Å². The Hall–Kier alpha value is -1.97. The number of carbonyl (C=O) groups is 1. The molecule has 1 N–H and O–H groups in total. The van der Waals surface area contributed by atoms with E-state index >= 15 is 0 Å². The van der Waals surface area contributed by atoms with E-state index in [4.69, 9.17) is 5.11 Å². The molecule has 0 saturated carbocycles. The summed E-state index contributed by atoms with van der Waals surface area (Å²) in [7, 11) is 0. The highest BCUT2D eigenvalue weighted by Gasteiger charge is 2.15. The number of hydrogen-bond acceptors (Lipinski definition) is 3. The van der Waals surface area contributed by atoms with Crippen LogP contribution in [0.2, 0.25) is 0 Å². The summed E-state index contributed by atoms with van der Waals surface area (Å²) < 4.78 is 0. The third-order valence-corrected chi connectivity index (χ3v) is 2.57. The molecule has 0 fully saturated rings. The second-order valence-corrected chi connectivity index (χ2v) is 3.89. The van der Waals surface area contributed by atoms with Crippen molar-refractivity contribution in [3.63, 3.8) is 0 Å². The zero-order chi connectivity index (χ0) is 11.7. The number of nitrogens with zero attached hydrogens (tertiary/aromatic N) is 2. The summed E-state index contributed by atoms with van der Waals surface area (Å²) in [6.07, 6.45) is 0. The Bertz CT molecular complexity index is 552. The van der Waals surface area contributed by atoms with E-state index in [9.17, 15) is 4.79 Å². The Morgan fingerprint density at radius 1 is 1.31 bits per heavy atom. The van der Waals surface area contributed by atoms with Crippen molar-refractivity contribution in [1.29, 1.82) is 0 Å². The average Bonchev–Trinajstić information content (AvgIpc) is 2.26. The molecule has 0 aliphatic carbocycles. The summed E-state index contributed by atoms with van der Waals surface area (Å²) in [6, 6.07) is 7.60.